The summed E-state index contributed by atoms with van der Waals surface area (Å²) < 4.78 is 29.9. The number of rotatable bonds is 8. The number of aryl methyl sites for hydroxylation is 2. The summed E-state index contributed by atoms with van der Waals surface area (Å²) in [4.78, 5) is 13.1. The fourth-order valence-corrected chi connectivity index (χ4v) is 8.99. The summed E-state index contributed by atoms with van der Waals surface area (Å²) in [7, 11) is -3.97. The van der Waals surface area contributed by atoms with Crippen molar-refractivity contribution < 1.29 is 18.3 Å². The predicted molar refractivity (Wildman–Crippen MR) is 160 cm³/mol. The van der Waals surface area contributed by atoms with Gasteiger partial charge < -0.3 is 5.11 Å². The highest BCUT2D eigenvalue weighted by Gasteiger charge is 2.56. The van der Waals surface area contributed by atoms with Gasteiger partial charge in [-0.05, 0) is 54.5 Å². The average Bonchev–Trinajstić information content (AvgIpc) is 3.23. The van der Waals surface area contributed by atoms with E-state index in [0.29, 0.717) is 17.7 Å². The third-order valence-electron chi connectivity index (χ3n) is 7.66. The molecule has 0 aromatic heterocycles. The summed E-state index contributed by atoms with van der Waals surface area (Å²) in [6.45, 7) is 12.3. The second-order valence-corrected chi connectivity index (χ2v) is 14.6. The zero-order valence-electron chi connectivity index (χ0n) is 23.6. The molecule has 0 aliphatic carbocycles. The number of carboxylic acid groups (broad SMARTS) is 1. The number of thioether (sulfide) groups is 1. The molecule has 7 heteroatoms. The summed E-state index contributed by atoms with van der Waals surface area (Å²) in [6, 6.07) is 21.6. The molecule has 1 fully saturated rings. The second kappa shape index (κ2) is 11.5. The molecule has 0 unspecified atom stereocenters. The molecule has 0 amide bonds. The normalized spacial score (nSPS) is 22.2. The van der Waals surface area contributed by atoms with Gasteiger partial charge in [0.05, 0.1) is 16.9 Å². The maximum Gasteiger partial charge on any atom is 0.309 e. The molecule has 4 rings (SSSR count). The molecule has 1 heterocycles. The third kappa shape index (κ3) is 6.11. The molecule has 1 N–H and O–H groups in total. The van der Waals surface area contributed by atoms with Gasteiger partial charge in [-0.15, -0.1) is 0 Å². The molecule has 0 radical (unpaired) electrons. The summed E-state index contributed by atoms with van der Waals surface area (Å²) >= 11 is 1.55. The van der Waals surface area contributed by atoms with E-state index in [1.807, 2.05) is 45.0 Å². The highest BCUT2D eigenvalue weighted by Crippen LogP contribution is 2.50. The first kappa shape index (κ1) is 29.4. The van der Waals surface area contributed by atoms with Crippen molar-refractivity contribution in [2.24, 2.45) is 5.92 Å². The van der Waals surface area contributed by atoms with Crippen molar-refractivity contribution >= 4 is 27.8 Å². The van der Waals surface area contributed by atoms with Crippen LogP contribution in [0, 0.1) is 19.8 Å². The Morgan fingerprint density at radius 1 is 0.897 bits per heavy atom. The van der Waals surface area contributed by atoms with Crippen LogP contribution in [0.5, 0.6) is 0 Å². The van der Waals surface area contributed by atoms with Crippen molar-refractivity contribution in [1.29, 1.82) is 0 Å². The van der Waals surface area contributed by atoms with Crippen molar-refractivity contribution in [2.75, 3.05) is 0 Å². The quantitative estimate of drug-likeness (QED) is 0.315. The maximum atomic E-state index is 14.2. The lowest BCUT2D eigenvalue weighted by molar-refractivity contribution is -0.142. The molecular weight excluding hydrogens is 526 g/mol. The average molecular weight is 566 g/mol. The zero-order chi connectivity index (χ0) is 28.5. The van der Waals surface area contributed by atoms with E-state index < -0.39 is 39.2 Å². The Morgan fingerprint density at radius 3 is 1.92 bits per heavy atom. The Hall–Kier alpha value is -2.61. The first-order valence-electron chi connectivity index (χ1n) is 13.4. The zero-order valence-corrected chi connectivity index (χ0v) is 25.2. The van der Waals surface area contributed by atoms with Crippen LogP contribution >= 0.6 is 11.8 Å². The number of carboxylic acids is 1. The van der Waals surface area contributed by atoms with E-state index >= 15 is 0 Å². The minimum atomic E-state index is -3.97. The fraction of sp³-hybridized carbons (Fsp3) is 0.406. The smallest absolute Gasteiger partial charge is 0.309 e. The molecule has 5 nitrogen and oxygen atoms in total. The van der Waals surface area contributed by atoms with Gasteiger partial charge >= 0.3 is 5.97 Å². The number of hydrogen-bond donors (Lipinski definition) is 1. The predicted octanol–water partition coefficient (Wildman–Crippen LogP) is 7.13. The topological polar surface area (TPSA) is 74.7 Å². The molecular formula is C32H39NO4S2. The SMILES string of the molecule is CC[C@@H]1[C@@H](SCc2ccc(C(C)(C)C)cc2)[C@@H](C(=O)O)[C@H](c2ccc(C)cc2)N1S(=O)(=O)c1ccc(C)cc1. The third-order valence-corrected chi connectivity index (χ3v) is 11.1. The first-order chi connectivity index (χ1) is 18.3. The number of sulfonamides is 1. The Labute approximate surface area is 237 Å². The van der Waals surface area contributed by atoms with E-state index in [4.69, 9.17) is 0 Å². The van der Waals surface area contributed by atoms with Crippen LogP contribution in [0.15, 0.2) is 77.7 Å². The van der Waals surface area contributed by atoms with E-state index in [2.05, 4.69) is 45.0 Å². The van der Waals surface area contributed by atoms with Gasteiger partial charge in [0.2, 0.25) is 10.0 Å². The van der Waals surface area contributed by atoms with Crippen molar-refractivity contribution in [3.8, 4) is 0 Å². The van der Waals surface area contributed by atoms with E-state index in [1.54, 1.807) is 36.0 Å². The van der Waals surface area contributed by atoms with Crippen LogP contribution in [0.2, 0.25) is 0 Å². The van der Waals surface area contributed by atoms with E-state index in [0.717, 1.165) is 16.7 Å². The van der Waals surface area contributed by atoms with E-state index in [1.165, 1.54) is 9.87 Å². The molecule has 0 bridgehead atoms. The number of nitrogens with zero attached hydrogens (tertiary/aromatic N) is 1. The van der Waals surface area contributed by atoms with Gasteiger partial charge in [-0.3, -0.25) is 4.79 Å². The minimum absolute atomic E-state index is 0.0466. The molecule has 1 aliphatic rings. The lowest BCUT2D eigenvalue weighted by Gasteiger charge is -2.30. The van der Waals surface area contributed by atoms with Crippen LogP contribution in [0.3, 0.4) is 0 Å². The van der Waals surface area contributed by atoms with Crippen molar-refractivity contribution in [1.82, 2.24) is 4.31 Å². The standard InChI is InChI=1S/C32H39NO4S2/c1-7-27-30(38-20-23-12-16-25(17-13-23)32(4,5)6)28(31(34)35)29(24-14-8-21(2)9-15-24)33(27)39(36,37)26-18-10-22(3)11-19-26/h8-19,27-30H,7,20H2,1-6H3,(H,34,35)/t27-,28+,29+,30-/m1/s1. The number of benzene rings is 3. The largest absolute Gasteiger partial charge is 0.481 e. The van der Waals surface area contributed by atoms with Gasteiger partial charge in [-0.1, -0.05) is 99.5 Å². The van der Waals surface area contributed by atoms with Crippen LogP contribution in [0.4, 0.5) is 0 Å². The highest BCUT2D eigenvalue weighted by atomic mass is 32.2. The summed E-state index contributed by atoms with van der Waals surface area (Å²) in [6.07, 6.45) is 0.512. The van der Waals surface area contributed by atoms with Crippen LogP contribution in [-0.4, -0.2) is 35.1 Å². The Kier molecular flexibility index (Phi) is 8.64. The van der Waals surface area contributed by atoms with Gasteiger partial charge in [0.25, 0.3) is 0 Å². The summed E-state index contributed by atoms with van der Waals surface area (Å²) in [5.74, 6) is -1.26. The number of carbonyl (C=O) groups is 1. The summed E-state index contributed by atoms with van der Waals surface area (Å²) in [5, 5.41) is 10.1. The molecule has 1 saturated heterocycles. The van der Waals surface area contributed by atoms with Gasteiger partial charge in [-0.25, -0.2) is 8.42 Å². The molecule has 0 saturated carbocycles. The highest BCUT2D eigenvalue weighted by molar-refractivity contribution is 7.99. The number of hydrogen-bond acceptors (Lipinski definition) is 4. The lowest BCUT2D eigenvalue weighted by atomic mass is 9.87. The monoisotopic (exact) mass is 565 g/mol. The lowest BCUT2D eigenvalue weighted by Crippen LogP contribution is -2.39. The Bertz CT molecular complexity index is 1390. The first-order valence-corrected chi connectivity index (χ1v) is 15.9. The molecule has 3 aromatic rings. The van der Waals surface area contributed by atoms with Gasteiger partial charge in [0, 0.05) is 17.0 Å². The van der Waals surface area contributed by atoms with Crippen LogP contribution in [-0.2, 0) is 26.0 Å². The minimum Gasteiger partial charge on any atom is -0.481 e. The molecule has 3 aromatic carbocycles. The Balaban J connectivity index is 1.77. The summed E-state index contributed by atoms with van der Waals surface area (Å²) in [5.41, 5.74) is 5.09. The van der Waals surface area contributed by atoms with Gasteiger partial charge in [0.15, 0.2) is 0 Å². The maximum absolute atomic E-state index is 14.2. The van der Waals surface area contributed by atoms with E-state index in [-0.39, 0.29) is 10.3 Å². The van der Waals surface area contributed by atoms with E-state index in [9.17, 15) is 18.3 Å². The van der Waals surface area contributed by atoms with Crippen molar-refractivity contribution in [3.05, 3.63) is 101 Å². The fourth-order valence-electron chi connectivity index (χ4n) is 5.40. The number of aliphatic carboxylic acids is 1. The molecule has 1 aliphatic heterocycles. The molecule has 208 valence electrons. The molecule has 39 heavy (non-hydrogen) atoms. The van der Waals surface area contributed by atoms with Crippen LogP contribution in [0.25, 0.3) is 0 Å². The van der Waals surface area contributed by atoms with Crippen LogP contribution in [0.1, 0.15) is 68.0 Å². The van der Waals surface area contributed by atoms with Gasteiger partial charge in [-0.2, -0.15) is 16.1 Å². The molecule has 4 atom stereocenters. The Morgan fingerprint density at radius 2 is 1.44 bits per heavy atom. The van der Waals surface area contributed by atoms with Crippen molar-refractivity contribution in [2.45, 2.75) is 81.4 Å². The van der Waals surface area contributed by atoms with Crippen LogP contribution < -0.4 is 0 Å². The second-order valence-electron chi connectivity index (χ2n) is 11.6. The van der Waals surface area contributed by atoms with Crippen molar-refractivity contribution in [3.63, 3.8) is 0 Å². The molecule has 0 spiro atoms. The van der Waals surface area contributed by atoms with Gasteiger partial charge in [0.1, 0.15) is 0 Å².